The number of likely N-dealkylation sites (tertiary alicyclic amines) is 1. The summed E-state index contributed by atoms with van der Waals surface area (Å²) in [6.07, 6.45) is 3.66. The van der Waals surface area contributed by atoms with E-state index in [1.807, 2.05) is 18.2 Å². The molecule has 0 bridgehead atoms. The minimum atomic E-state index is -0.361. The van der Waals surface area contributed by atoms with E-state index in [9.17, 15) is 9.59 Å². The van der Waals surface area contributed by atoms with E-state index < -0.39 is 0 Å². The van der Waals surface area contributed by atoms with Gasteiger partial charge >= 0.3 is 0 Å². The molecule has 2 aliphatic heterocycles. The molecule has 0 radical (unpaired) electrons. The molecule has 3 atom stereocenters. The van der Waals surface area contributed by atoms with Crippen molar-refractivity contribution in [3.8, 4) is 0 Å². The molecule has 7 heteroatoms. The van der Waals surface area contributed by atoms with Crippen molar-refractivity contribution in [1.29, 1.82) is 0 Å². The van der Waals surface area contributed by atoms with Crippen molar-refractivity contribution >= 4 is 35.8 Å². The van der Waals surface area contributed by atoms with Crippen molar-refractivity contribution in [2.75, 3.05) is 26.7 Å². The van der Waals surface area contributed by atoms with Crippen LogP contribution in [0.4, 0.5) is 0 Å². The molecule has 5 nitrogen and oxygen atoms in total. The van der Waals surface area contributed by atoms with Gasteiger partial charge in [-0.05, 0) is 56.0 Å². The van der Waals surface area contributed by atoms with E-state index >= 15 is 0 Å². The van der Waals surface area contributed by atoms with E-state index in [0.717, 1.165) is 25.1 Å². The first-order valence-electron chi connectivity index (χ1n) is 9.06. The maximum absolute atomic E-state index is 12.7. The Morgan fingerprint density at radius 3 is 2.92 bits per heavy atom. The molecule has 2 amide bonds. The highest BCUT2D eigenvalue weighted by Gasteiger charge is 2.42. The summed E-state index contributed by atoms with van der Waals surface area (Å²) in [5.41, 5.74) is 0.914. The molecule has 144 valence electrons. The first-order valence-corrected chi connectivity index (χ1v) is 9.43. The Kier molecular flexibility index (Phi) is 7.74. The second kappa shape index (κ2) is 9.58. The number of hydrogen-bond donors (Lipinski definition) is 2. The molecule has 26 heavy (non-hydrogen) atoms. The van der Waals surface area contributed by atoms with Gasteiger partial charge in [0.05, 0.1) is 12.0 Å². The van der Waals surface area contributed by atoms with Crippen LogP contribution in [0.1, 0.15) is 37.3 Å². The van der Waals surface area contributed by atoms with E-state index in [4.69, 9.17) is 11.6 Å². The summed E-state index contributed by atoms with van der Waals surface area (Å²) in [5, 5.41) is 7.07. The molecule has 1 aromatic rings. The smallest absolute Gasteiger partial charge is 0.226 e. The molecule has 2 N–H and O–H groups in total. The molecule has 3 rings (SSSR count). The normalized spacial score (nSPS) is 25.7. The van der Waals surface area contributed by atoms with E-state index in [-0.39, 0.29) is 42.6 Å². The van der Waals surface area contributed by atoms with Gasteiger partial charge in [-0.2, -0.15) is 0 Å². The molecular weight excluding hydrogens is 373 g/mol. The average molecular weight is 400 g/mol. The number of amides is 2. The highest BCUT2D eigenvalue weighted by molar-refractivity contribution is 6.30. The van der Waals surface area contributed by atoms with Crippen molar-refractivity contribution in [2.45, 2.75) is 31.7 Å². The van der Waals surface area contributed by atoms with Gasteiger partial charge in [-0.15, -0.1) is 12.4 Å². The first kappa shape index (κ1) is 21.0. The van der Waals surface area contributed by atoms with E-state index in [2.05, 4.69) is 10.6 Å². The fourth-order valence-electron chi connectivity index (χ4n) is 3.95. The zero-order chi connectivity index (χ0) is 17.8. The maximum Gasteiger partial charge on any atom is 0.226 e. The number of rotatable bonds is 5. The standard InChI is InChI=1S/C19H26ClN3O2.ClH/c1-23-17(24)11-16(18(23)14-5-2-6-15(20)10-14)19(25)22-9-7-13-4-3-8-21-12-13;/h2,5-6,10,13,16,18,21H,3-4,7-9,11-12H2,1H3,(H,22,25);1H. The van der Waals surface area contributed by atoms with Crippen LogP contribution in [0.15, 0.2) is 24.3 Å². The highest BCUT2D eigenvalue weighted by Crippen LogP contribution is 2.37. The molecule has 3 unspecified atom stereocenters. The monoisotopic (exact) mass is 399 g/mol. The van der Waals surface area contributed by atoms with Crippen LogP contribution in [0.2, 0.25) is 5.02 Å². The van der Waals surface area contributed by atoms with Crippen molar-refractivity contribution in [2.24, 2.45) is 11.8 Å². The van der Waals surface area contributed by atoms with E-state index in [1.54, 1.807) is 18.0 Å². The van der Waals surface area contributed by atoms with Gasteiger partial charge < -0.3 is 15.5 Å². The van der Waals surface area contributed by atoms with Crippen molar-refractivity contribution < 1.29 is 9.59 Å². The number of piperidine rings is 1. The molecule has 0 spiro atoms. The molecular formula is C19H27Cl2N3O2. The van der Waals surface area contributed by atoms with Gasteiger partial charge in [0.2, 0.25) is 11.8 Å². The van der Waals surface area contributed by atoms with Crippen LogP contribution in [0.25, 0.3) is 0 Å². The molecule has 0 saturated carbocycles. The lowest BCUT2D eigenvalue weighted by Gasteiger charge is -2.26. The molecule has 2 saturated heterocycles. The Morgan fingerprint density at radius 2 is 2.23 bits per heavy atom. The minimum absolute atomic E-state index is 0. The molecule has 2 aliphatic rings. The minimum Gasteiger partial charge on any atom is -0.356 e. The SMILES string of the molecule is CN1C(=O)CC(C(=O)NCCC2CCCNC2)C1c1cccc(Cl)c1.Cl. The lowest BCUT2D eigenvalue weighted by Crippen LogP contribution is -2.37. The second-order valence-electron chi connectivity index (χ2n) is 7.11. The van der Waals surface area contributed by atoms with Gasteiger partial charge in [-0.3, -0.25) is 9.59 Å². The largest absolute Gasteiger partial charge is 0.356 e. The third kappa shape index (κ3) is 4.90. The fourth-order valence-corrected chi connectivity index (χ4v) is 4.15. The molecule has 2 fully saturated rings. The van der Waals surface area contributed by atoms with Gasteiger partial charge in [0.1, 0.15) is 0 Å². The third-order valence-corrected chi connectivity index (χ3v) is 5.60. The zero-order valence-corrected chi connectivity index (χ0v) is 16.6. The Morgan fingerprint density at radius 1 is 1.42 bits per heavy atom. The predicted octanol–water partition coefficient (Wildman–Crippen LogP) is 2.79. The Labute approximate surface area is 166 Å². The van der Waals surface area contributed by atoms with Crippen LogP contribution in [0.5, 0.6) is 0 Å². The lowest BCUT2D eigenvalue weighted by molar-refractivity contribution is -0.128. The quantitative estimate of drug-likeness (QED) is 0.799. The summed E-state index contributed by atoms with van der Waals surface area (Å²) in [7, 11) is 1.76. The van der Waals surface area contributed by atoms with Gasteiger partial charge in [-0.25, -0.2) is 0 Å². The van der Waals surface area contributed by atoms with Gasteiger partial charge in [0.25, 0.3) is 0 Å². The summed E-state index contributed by atoms with van der Waals surface area (Å²) in [6.45, 7) is 2.80. The van der Waals surface area contributed by atoms with Crippen LogP contribution in [-0.4, -0.2) is 43.4 Å². The molecule has 1 aromatic carbocycles. The van der Waals surface area contributed by atoms with Crippen LogP contribution in [0.3, 0.4) is 0 Å². The van der Waals surface area contributed by atoms with Crippen molar-refractivity contribution in [3.05, 3.63) is 34.9 Å². The van der Waals surface area contributed by atoms with E-state index in [1.165, 1.54) is 12.8 Å². The number of carbonyl (C=O) groups excluding carboxylic acids is 2. The Bertz CT molecular complexity index is 635. The van der Waals surface area contributed by atoms with Crippen LogP contribution >= 0.6 is 24.0 Å². The topological polar surface area (TPSA) is 61.4 Å². The Hall–Kier alpha value is -1.30. The van der Waals surface area contributed by atoms with Gasteiger partial charge in [0, 0.05) is 25.0 Å². The third-order valence-electron chi connectivity index (χ3n) is 5.36. The summed E-state index contributed by atoms with van der Waals surface area (Å²) < 4.78 is 0. The van der Waals surface area contributed by atoms with Gasteiger partial charge in [0.15, 0.2) is 0 Å². The number of carbonyl (C=O) groups is 2. The van der Waals surface area contributed by atoms with Crippen molar-refractivity contribution in [1.82, 2.24) is 15.5 Å². The Balaban J connectivity index is 0.00000243. The van der Waals surface area contributed by atoms with Gasteiger partial charge in [-0.1, -0.05) is 23.7 Å². The summed E-state index contributed by atoms with van der Waals surface area (Å²) in [6, 6.07) is 7.19. The molecule has 2 heterocycles. The number of benzene rings is 1. The van der Waals surface area contributed by atoms with Crippen LogP contribution in [-0.2, 0) is 9.59 Å². The maximum atomic E-state index is 12.7. The van der Waals surface area contributed by atoms with Crippen molar-refractivity contribution in [3.63, 3.8) is 0 Å². The summed E-state index contributed by atoms with van der Waals surface area (Å²) in [4.78, 5) is 26.6. The predicted molar refractivity (Wildman–Crippen MR) is 106 cm³/mol. The lowest BCUT2D eigenvalue weighted by atomic mass is 9.92. The van der Waals surface area contributed by atoms with E-state index in [0.29, 0.717) is 17.5 Å². The first-order chi connectivity index (χ1) is 12.1. The molecule has 0 aromatic heterocycles. The fraction of sp³-hybridized carbons (Fsp3) is 0.579. The summed E-state index contributed by atoms with van der Waals surface area (Å²) >= 11 is 6.09. The highest BCUT2D eigenvalue weighted by atomic mass is 35.5. The number of nitrogens with one attached hydrogen (secondary N) is 2. The zero-order valence-electron chi connectivity index (χ0n) is 15.0. The summed E-state index contributed by atoms with van der Waals surface area (Å²) in [5.74, 6) is 0.235. The molecule has 0 aliphatic carbocycles. The second-order valence-corrected chi connectivity index (χ2v) is 7.54. The number of hydrogen-bond acceptors (Lipinski definition) is 3. The number of nitrogens with zero attached hydrogens (tertiary/aromatic N) is 1. The van der Waals surface area contributed by atoms with Crippen LogP contribution in [0, 0.1) is 11.8 Å². The van der Waals surface area contributed by atoms with Crippen LogP contribution < -0.4 is 10.6 Å². The number of halogens is 2. The average Bonchev–Trinajstić information content (AvgIpc) is 2.91.